The number of nitrogens with one attached hydrogen (secondary N) is 1. The first-order chi connectivity index (χ1) is 11.7. The van der Waals surface area contributed by atoms with Crippen molar-refractivity contribution in [2.45, 2.75) is 26.2 Å². The van der Waals surface area contributed by atoms with Gasteiger partial charge in [0.15, 0.2) is 0 Å². The minimum atomic E-state index is -0.275. The molecule has 0 amide bonds. The molecule has 0 aliphatic rings. The predicted molar refractivity (Wildman–Crippen MR) is 102 cm³/mol. The van der Waals surface area contributed by atoms with E-state index in [2.05, 4.69) is 49.2 Å². The van der Waals surface area contributed by atoms with Crippen molar-refractivity contribution in [2.24, 2.45) is 0 Å². The summed E-state index contributed by atoms with van der Waals surface area (Å²) in [7, 11) is 0. The SMILES string of the molecule is C=C(Nc1ccccc1F)c1ccc(CCCC)c2ccccc12. The Morgan fingerprint density at radius 1 is 0.958 bits per heavy atom. The van der Waals surface area contributed by atoms with Crippen LogP contribution in [0.3, 0.4) is 0 Å². The predicted octanol–water partition coefficient (Wildman–Crippen LogP) is 6.40. The molecule has 0 unspecified atom stereocenters. The van der Waals surface area contributed by atoms with Gasteiger partial charge in [0.2, 0.25) is 0 Å². The topological polar surface area (TPSA) is 12.0 Å². The van der Waals surface area contributed by atoms with E-state index in [0.29, 0.717) is 11.4 Å². The van der Waals surface area contributed by atoms with Crippen molar-refractivity contribution < 1.29 is 4.39 Å². The molecule has 0 aromatic heterocycles. The molecule has 0 radical (unpaired) electrons. The standard InChI is InChI=1S/C22H22FN/c1-3-4-9-17-14-15-18(20-11-6-5-10-19(17)20)16(2)24-22-13-8-7-12-21(22)23/h5-8,10-15,24H,2-4,9H2,1H3. The smallest absolute Gasteiger partial charge is 0.146 e. The van der Waals surface area contributed by atoms with Gasteiger partial charge < -0.3 is 5.32 Å². The number of unbranched alkanes of at least 4 members (excludes halogenated alkanes) is 1. The second-order valence-electron chi connectivity index (χ2n) is 6.00. The van der Waals surface area contributed by atoms with Crippen LogP contribution in [-0.2, 0) is 6.42 Å². The van der Waals surface area contributed by atoms with Gasteiger partial charge in [-0.15, -0.1) is 0 Å². The molecule has 1 nitrogen and oxygen atoms in total. The number of rotatable bonds is 6. The minimum absolute atomic E-state index is 0.275. The molecule has 3 aromatic carbocycles. The summed E-state index contributed by atoms with van der Waals surface area (Å²) in [6, 6.07) is 19.3. The number of fused-ring (bicyclic) bond motifs is 1. The van der Waals surface area contributed by atoms with E-state index in [0.717, 1.165) is 17.4 Å². The second-order valence-corrected chi connectivity index (χ2v) is 6.00. The summed E-state index contributed by atoms with van der Waals surface area (Å²) in [5.41, 5.74) is 3.52. The van der Waals surface area contributed by atoms with Gasteiger partial charge in [-0.2, -0.15) is 0 Å². The van der Waals surface area contributed by atoms with Crippen LogP contribution >= 0.6 is 0 Å². The monoisotopic (exact) mass is 319 g/mol. The number of hydrogen-bond donors (Lipinski definition) is 1. The zero-order valence-electron chi connectivity index (χ0n) is 14.0. The van der Waals surface area contributed by atoms with Crippen molar-refractivity contribution in [3.63, 3.8) is 0 Å². The molecule has 0 bridgehead atoms. The van der Waals surface area contributed by atoms with Gasteiger partial charge in [0.1, 0.15) is 5.82 Å². The lowest BCUT2D eigenvalue weighted by atomic mass is 9.95. The van der Waals surface area contributed by atoms with Crippen molar-refractivity contribution in [1.29, 1.82) is 0 Å². The first-order valence-corrected chi connectivity index (χ1v) is 8.42. The van der Waals surface area contributed by atoms with Gasteiger partial charge in [-0.25, -0.2) is 4.39 Å². The van der Waals surface area contributed by atoms with Crippen LogP contribution in [0.4, 0.5) is 10.1 Å². The van der Waals surface area contributed by atoms with Crippen molar-refractivity contribution in [2.75, 3.05) is 5.32 Å². The van der Waals surface area contributed by atoms with Crippen molar-refractivity contribution >= 4 is 22.2 Å². The molecule has 3 rings (SSSR count). The van der Waals surface area contributed by atoms with Gasteiger partial charge in [-0.3, -0.25) is 0 Å². The first kappa shape index (κ1) is 16.3. The molecule has 0 saturated carbocycles. The van der Waals surface area contributed by atoms with Gasteiger partial charge in [0, 0.05) is 11.3 Å². The van der Waals surface area contributed by atoms with Crippen LogP contribution in [0.1, 0.15) is 30.9 Å². The number of para-hydroxylation sites is 1. The molecule has 0 spiro atoms. The summed E-state index contributed by atoms with van der Waals surface area (Å²) >= 11 is 0. The van der Waals surface area contributed by atoms with Crippen molar-refractivity contribution in [3.05, 3.63) is 84.2 Å². The van der Waals surface area contributed by atoms with Crippen LogP contribution in [0.15, 0.2) is 67.2 Å². The maximum atomic E-state index is 13.9. The third-order valence-corrected chi connectivity index (χ3v) is 4.30. The van der Waals surface area contributed by atoms with E-state index >= 15 is 0 Å². The lowest BCUT2D eigenvalue weighted by Crippen LogP contribution is -2.01. The van der Waals surface area contributed by atoms with Crippen molar-refractivity contribution in [3.8, 4) is 0 Å². The molecule has 0 aliphatic carbocycles. The number of anilines is 1. The highest BCUT2D eigenvalue weighted by Crippen LogP contribution is 2.29. The quantitative estimate of drug-likeness (QED) is 0.554. The lowest BCUT2D eigenvalue weighted by molar-refractivity contribution is 0.632. The maximum Gasteiger partial charge on any atom is 0.146 e. The number of benzene rings is 3. The average Bonchev–Trinajstić information content (AvgIpc) is 2.61. The number of aryl methyl sites for hydroxylation is 1. The maximum absolute atomic E-state index is 13.9. The third kappa shape index (κ3) is 3.33. The molecule has 0 saturated heterocycles. The Labute approximate surface area is 142 Å². The van der Waals surface area contributed by atoms with Gasteiger partial charge >= 0.3 is 0 Å². The highest BCUT2D eigenvalue weighted by Gasteiger charge is 2.10. The van der Waals surface area contributed by atoms with E-state index < -0.39 is 0 Å². The first-order valence-electron chi connectivity index (χ1n) is 8.42. The third-order valence-electron chi connectivity index (χ3n) is 4.30. The molecular weight excluding hydrogens is 297 g/mol. The van der Waals surface area contributed by atoms with E-state index in [9.17, 15) is 4.39 Å². The fraction of sp³-hybridized carbons (Fsp3) is 0.182. The highest BCUT2D eigenvalue weighted by atomic mass is 19.1. The largest absolute Gasteiger partial charge is 0.353 e. The van der Waals surface area contributed by atoms with E-state index in [-0.39, 0.29) is 5.82 Å². The molecular formula is C22H22FN. The summed E-state index contributed by atoms with van der Waals surface area (Å²) in [5.74, 6) is -0.275. The van der Waals surface area contributed by atoms with Crippen LogP contribution in [0.25, 0.3) is 16.5 Å². The molecule has 0 heterocycles. The minimum Gasteiger partial charge on any atom is -0.353 e. The molecule has 24 heavy (non-hydrogen) atoms. The van der Waals surface area contributed by atoms with Gasteiger partial charge in [-0.05, 0) is 41.3 Å². The Hall–Kier alpha value is -2.61. The number of halogens is 1. The fourth-order valence-electron chi connectivity index (χ4n) is 3.00. The normalized spacial score (nSPS) is 10.8. The zero-order chi connectivity index (χ0) is 16.9. The van der Waals surface area contributed by atoms with Crippen LogP contribution in [0, 0.1) is 5.82 Å². The number of hydrogen-bond acceptors (Lipinski definition) is 1. The fourth-order valence-corrected chi connectivity index (χ4v) is 3.00. The van der Waals surface area contributed by atoms with E-state index in [1.807, 2.05) is 12.1 Å². The summed E-state index contributed by atoms with van der Waals surface area (Å²) in [6.45, 7) is 6.33. The molecule has 3 aromatic rings. The van der Waals surface area contributed by atoms with E-state index in [1.54, 1.807) is 12.1 Å². The van der Waals surface area contributed by atoms with E-state index in [4.69, 9.17) is 0 Å². The Morgan fingerprint density at radius 3 is 2.42 bits per heavy atom. The molecule has 122 valence electrons. The van der Waals surface area contributed by atoms with Gasteiger partial charge in [0.05, 0.1) is 5.69 Å². The van der Waals surface area contributed by atoms with Gasteiger partial charge in [-0.1, -0.05) is 68.5 Å². The average molecular weight is 319 g/mol. The van der Waals surface area contributed by atoms with E-state index in [1.165, 1.54) is 29.9 Å². The Morgan fingerprint density at radius 2 is 1.67 bits per heavy atom. The van der Waals surface area contributed by atoms with Crippen LogP contribution < -0.4 is 5.32 Å². The lowest BCUT2D eigenvalue weighted by Gasteiger charge is -2.15. The molecule has 0 fully saturated rings. The summed E-state index contributed by atoms with van der Waals surface area (Å²) in [4.78, 5) is 0. The highest BCUT2D eigenvalue weighted by molar-refractivity contribution is 5.97. The van der Waals surface area contributed by atoms with Crippen molar-refractivity contribution in [1.82, 2.24) is 0 Å². The molecule has 0 atom stereocenters. The summed E-state index contributed by atoms with van der Waals surface area (Å²) in [5, 5.41) is 5.51. The second kappa shape index (κ2) is 7.31. The molecule has 1 N–H and O–H groups in total. The van der Waals surface area contributed by atoms with Crippen LogP contribution in [0.5, 0.6) is 0 Å². The molecule has 0 aliphatic heterocycles. The van der Waals surface area contributed by atoms with Gasteiger partial charge in [0.25, 0.3) is 0 Å². The summed E-state index contributed by atoms with van der Waals surface area (Å²) < 4.78 is 13.9. The Kier molecular flexibility index (Phi) is 4.95. The summed E-state index contributed by atoms with van der Waals surface area (Å²) in [6.07, 6.45) is 3.43. The van der Waals surface area contributed by atoms with Crippen LogP contribution in [0.2, 0.25) is 0 Å². The Bertz CT molecular complexity index is 867. The zero-order valence-corrected chi connectivity index (χ0v) is 14.0. The molecule has 2 heteroatoms. The Balaban J connectivity index is 1.98. The van der Waals surface area contributed by atoms with Crippen LogP contribution in [-0.4, -0.2) is 0 Å².